The first-order chi connectivity index (χ1) is 10.4. The van der Waals surface area contributed by atoms with E-state index in [1.165, 1.54) is 38.3 Å². The van der Waals surface area contributed by atoms with Gasteiger partial charge in [-0.3, -0.25) is 4.57 Å². The molecule has 0 bridgehead atoms. The number of ether oxygens (including phenoxy) is 2. The van der Waals surface area contributed by atoms with Gasteiger partial charge in [-0.05, 0) is 31.2 Å². The van der Waals surface area contributed by atoms with Gasteiger partial charge >= 0.3 is 12.1 Å². The standard InChI is InChI=1S/C14H13F3N2O3/c1-3-22-13(20)11-12(14(15,16)17)19(8-18-11)9-4-6-10(21-2)7-5-9/h4-8H,3H2,1-2H3. The number of hydrogen-bond donors (Lipinski definition) is 0. The first-order valence-corrected chi connectivity index (χ1v) is 6.34. The Hall–Kier alpha value is -2.51. The van der Waals surface area contributed by atoms with Gasteiger partial charge in [-0.1, -0.05) is 0 Å². The monoisotopic (exact) mass is 314 g/mol. The summed E-state index contributed by atoms with van der Waals surface area (Å²) >= 11 is 0. The molecule has 0 radical (unpaired) electrons. The van der Waals surface area contributed by atoms with Gasteiger partial charge in [-0.25, -0.2) is 9.78 Å². The van der Waals surface area contributed by atoms with Crippen molar-refractivity contribution < 1.29 is 27.4 Å². The summed E-state index contributed by atoms with van der Waals surface area (Å²) in [4.78, 5) is 15.2. The predicted octanol–water partition coefficient (Wildman–Crippen LogP) is 3.08. The van der Waals surface area contributed by atoms with Crippen LogP contribution in [0.5, 0.6) is 5.75 Å². The summed E-state index contributed by atoms with van der Waals surface area (Å²) in [5, 5.41) is 0. The van der Waals surface area contributed by atoms with Crippen molar-refractivity contribution in [1.82, 2.24) is 9.55 Å². The van der Waals surface area contributed by atoms with Gasteiger partial charge < -0.3 is 9.47 Å². The Bertz CT molecular complexity index is 663. The molecule has 0 N–H and O–H groups in total. The van der Waals surface area contributed by atoms with Crippen LogP contribution in [0, 0.1) is 0 Å². The van der Waals surface area contributed by atoms with Crippen LogP contribution in [-0.4, -0.2) is 29.2 Å². The molecule has 1 aromatic heterocycles. The van der Waals surface area contributed by atoms with Crippen LogP contribution in [0.2, 0.25) is 0 Å². The minimum absolute atomic E-state index is 0.0362. The van der Waals surface area contributed by atoms with Gasteiger partial charge in [0.1, 0.15) is 12.1 Å². The van der Waals surface area contributed by atoms with E-state index in [1.807, 2.05) is 0 Å². The molecule has 2 aromatic rings. The number of hydrogen-bond acceptors (Lipinski definition) is 4. The van der Waals surface area contributed by atoms with Crippen molar-refractivity contribution >= 4 is 5.97 Å². The molecule has 0 saturated carbocycles. The van der Waals surface area contributed by atoms with Crippen LogP contribution < -0.4 is 4.74 Å². The van der Waals surface area contributed by atoms with Crippen LogP contribution in [0.3, 0.4) is 0 Å². The fourth-order valence-corrected chi connectivity index (χ4v) is 1.91. The molecule has 118 valence electrons. The Morgan fingerprint density at radius 2 is 1.91 bits per heavy atom. The third-order valence-electron chi connectivity index (χ3n) is 2.86. The van der Waals surface area contributed by atoms with E-state index in [4.69, 9.17) is 4.74 Å². The fourth-order valence-electron chi connectivity index (χ4n) is 1.91. The molecule has 22 heavy (non-hydrogen) atoms. The van der Waals surface area contributed by atoms with E-state index < -0.39 is 23.5 Å². The van der Waals surface area contributed by atoms with E-state index in [2.05, 4.69) is 9.72 Å². The molecule has 0 spiro atoms. The lowest BCUT2D eigenvalue weighted by Crippen LogP contribution is -2.18. The number of alkyl halides is 3. The van der Waals surface area contributed by atoms with Crippen LogP contribution >= 0.6 is 0 Å². The zero-order valence-corrected chi connectivity index (χ0v) is 11.8. The second-order valence-corrected chi connectivity index (χ2v) is 4.23. The topological polar surface area (TPSA) is 53.3 Å². The number of esters is 1. The summed E-state index contributed by atoms with van der Waals surface area (Å²) in [6.07, 6.45) is -3.81. The van der Waals surface area contributed by atoms with Crippen LogP contribution in [-0.2, 0) is 10.9 Å². The number of aromatic nitrogens is 2. The summed E-state index contributed by atoms with van der Waals surface area (Å²) in [5.74, 6) is -0.606. The van der Waals surface area contributed by atoms with Gasteiger partial charge in [-0.2, -0.15) is 13.2 Å². The SMILES string of the molecule is CCOC(=O)c1ncn(-c2ccc(OC)cc2)c1C(F)(F)F. The summed E-state index contributed by atoms with van der Waals surface area (Å²) in [5.41, 5.74) is -1.72. The molecular weight excluding hydrogens is 301 g/mol. The van der Waals surface area contributed by atoms with E-state index in [-0.39, 0.29) is 12.3 Å². The highest BCUT2D eigenvalue weighted by molar-refractivity contribution is 5.89. The molecule has 0 amide bonds. The molecule has 0 atom stereocenters. The van der Waals surface area contributed by atoms with Gasteiger partial charge in [0.15, 0.2) is 11.4 Å². The third-order valence-corrected chi connectivity index (χ3v) is 2.86. The number of imidazole rings is 1. The van der Waals surface area contributed by atoms with Gasteiger partial charge in [0.2, 0.25) is 0 Å². The second-order valence-electron chi connectivity index (χ2n) is 4.23. The molecule has 0 aliphatic heterocycles. The van der Waals surface area contributed by atoms with Gasteiger partial charge in [0.25, 0.3) is 0 Å². The molecule has 0 fully saturated rings. The number of carbonyl (C=O) groups is 1. The number of benzene rings is 1. The van der Waals surface area contributed by atoms with E-state index in [0.29, 0.717) is 5.75 Å². The van der Waals surface area contributed by atoms with Crippen LogP contribution in [0.15, 0.2) is 30.6 Å². The van der Waals surface area contributed by atoms with Crippen molar-refractivity contribution in [2.75, 3.05) is 13.7 Å². The van der Waals surface area contributed by atoms with E-state index in [1.54, 1.807) is 0 Å². The lowest BCUT2D eigenvalue weighted by molar-refractivity contribution is -0.142. The first-order valence-electron chi connectivity index (χ1n) is 6.34. The Kier molecular flexibility index (Phi) is 4.39. The lowest BCUT2D eigenvalue weighted by atomic mass is 10.2. The fraction of sp³-hybridized carbons (Fsp3) is 0.286. The summed E-state index contributed by atoms with van der Waals surface area (Å²) in [6, 6.07) is 5.90. The Balaban J connectivity index is 2.53. The minimum Gasteiger partial charge on any atom is -0.497 e. The van der Waals surface area contributed by atoms with Crippen molar-refractivity contribution in [1.29, 1.82) is 0 Å². The summed E-state index contributed by atoms with van der Waals surface area (Å²) in [7, 11) is 1.45. The lowest BCUT2D eigenvalue weighted by Gasteiger charge is -2.13. The summed E-state index contributed by atoms with van der Waals surface area (Å²) in [6.45, 7) is 1.47. The summed E-state index contributed by atoms with van der Waals surface area (Å²) < 4.78 is 50.2. The van der Waals surface area contributed by atoms with Crippen molar-refractivity contribution in [3.05, 3.63) is 42.0 Å². The normalized spacial score (nSPS) is 11.3. The average molecular weight is 314 g/mol. The Morgan fingerprint density at radius 3 is 2.41 bits per heavy atom. The number of rotatable bonds is 4. The third kappa shape index (κ3) is 3.05. The van der Waals surface area contributed by atoms with Gasteiger partial charge in [-0.15, -0.1) is 0 Å². The van der Waals surface area contributed by atoms with Crippen LogP contribution in [0.4, 0.5) is 13.2 Å². The Morgan fingerprint density at radius 1 is 1.27 bits per heavy atom. The zero-order valence-electron chi connectivity index (χ0n) is 11.8. The highest BCUT2D eigenvalue weighted by Crippen LogP contribution is 2.34. The first kappa shape index (κ1) is 15.9. The maximum absolute atomic E-state index is 13.3. The zero-order chi connectivity index (χ0) is 16.3. The van der Waals surface area contributed by atoms with Gasteiger partial charge in [0, 0.05) is 5.69 Å². The van der Waals surface area contributed by atoms with Crippen molar-refractivity contribution in [2.24, 2.45) is 0 Å². The molecule has 1 aromatic carbocycles. The number of carbonyl (C=O) groups excluding carboxylic acids is 1. The second kappa shape index (κ2) is 6.08. The van der Waals surface area contributed by atoms with Crippen LogP contribution in [0.25, 0.3) is 5.69 Å². The maximum atomic E-state index is 13.3. The molecule has 1 heterocycles. The molecule has 0 aliphatic carbocycles. The van der Waals surface area contributed by atoms with Crippen LogP contribution in [0.1, 0.15) is 23.1 Å². The molecular formula is C14H13F3N2O3. The Labute approximate surface area is 124 Å². The van der Waals surface area contributed by atoms with E-state index in [9.17, 15) is 18.0 Å². The smallest absolute Gasteiger partial charge is 0.434 e. The average Bonchev–Trinajstić information content (AvgIpc) is 2.92. The largest absolute Gasteiger partial charge is 0.497 e. The molecule has 8 heteroatoms. The number of halogens is 3. The van der Waals surface area contributed by atoms with Crippen molar-refractivity contribution in [3.8, 4) is 11.4 Å². The highest BCUT2D eigenvalue weighted by Gasteiger charge is 2.41. The molecule has 0 unspecified atom stereocenters. The molecule has 0 aliphatic rings. The number of methoxy groups -OCH3 is 1. The van der Waals surface area contributed by atoms with E-state index in [0.717, 1.165) is 10.9 Å². The van der Waals surface area contributed by atoms with Crippen molar-refractivity contribution in [2.45, 2.75) is 13.1 Å². The quantitative estimate of drug-likeness (QED) is 0.814. The molecule has 2 rings (SSSR count). The van der Waals surface area contributed by atoms with E-state index >= 15 is 0 Å². The van der Waals surface area contributed by atoms with Crippen molar-refractivity contribution in [3.63, 3.8) is 0 Å². The predicted molar refractivity (Wildman–Crippen MR) is 71.1 cm³/mol. The minimum atomic E-state index is -4.75. The van der Waals surface area contributed by atoms with Gasteiger partial charge in [0.05, 0.1) is 13.7 Å². The highest BCUT2D eigenvalue weighted by atomic mass is 19.4. The molecule has 0 saturated heterocycles. The maximum Gasteiger partial charge on any atom is 0.434 e. The number of nitrogens with zero attached hydrogens (tertiary/aromatic N) is 2. The molecule has 5 nitrogen and oxygen atoms in total.